The lowest BCUT2D eigenvalue weighted by molar-refractivity contribution is 0.0956. The van der Waals surface area contributed by atoms with Crippen molar-refractivity contribution in [2.24, 2.45) is 0 Å². The second kappa shape index (κ2) is 7.67. The molecule has 0 radical (unpaired) electrons. The Morgan fingerprint density at radius 2 is 2.00 bits per heavy atom. The predicted octanol–water partition coefficient (Wildman–Crippen LogP) is 3.75. The molecule has 1 amide bonds. The predicted molar refractivity (Wildman–Crippen MR) is 107 cm³/mol. The maximum Gasteiger partial charge on any atom is 0.263 e. The monoisotopic (exact) mass is 377 g/mol. The molecule has 0 aliphatic rings. The quantitative estimate of drug-likeness (QED) is 0.501. The number of carbonyl (C=O) groups excluding carboxylic acids is 1. The number of aryl methyl sites for hydroxylation is 2. The number of carbonyl (C=O) groups is 1. The Morgan fingerprint density at radius 3 is 2.81 bits per heavy atom. The van der Waals surface area contributed by atoms with Gasteiger partial charge in [0.1, 0.15) is 15.7 Å². The maximum absolute atomic E-state index is 12.5. The largest absolute Gasteiger partial charge is 0.351 e. The zero-order valence-corrected chi connectivity index (χ0v) is 15.7. The van der Waals surface area contributed by atoms with Crippen molar-refractivity contribution in [3.8, 4) is 10.7 Å². The van der Waals surface area contributed by atoms with Crippen LogP contribution in [0.1, 0.15) is 27.6 Å². The molecule has 0 fully saturated rings. The molecule has 0 unspecified atom stereocenters. The number of hydrogen-bond donors (Lipinski definition) is 2. The zero-order valence-electron chi connectivity index (χ0n) is 14.9. The average molecular weight is 377 g/mol. The van der Waals surface area contributed by atoms with E-state index in [1.54, 1.807) is 6.20 Å². The summed E-state index contributed by atoms with van der Waals surface area (Å²) in [7, 11) is 0. The molecule has 0 saturated carbocycles. The van der Waals surface area contributed by atoms with E-state index in [0.29, 0.717) is 11.4 Å². The topological polar surface area (TPSA) is 83.6 Å². The number of aromatic nitrogens is 4. The van der Waals surface area contributed by atoms with Crippen LogP contribution in [-0.2, 0) is 6.42 Å². The van der Waals surface area contributed by atoms with Gasteiger partial charge < -0.3 is 10.3 Å². The standard InChI is InChI=1S/C20H19N5OS/c1-13-18(27-20(23-13)16-9-4-5-11-21-16)19(26)22-12-6-10-17-24-14-7-2-3-8-15(14)25-17/h2-5,7-9,11H,6,10,12H2,1H3,(H,22,26)(H,24,25). The number of benzene rings is 1. The summed E-state index contributed by atoms with van der Waals surface area (Å²) in [6, 6.07) is 13.6. The Labute approximate surface area is 160 Å². The number of para-hydroxylation sites is 2. The average Bonchev–Trinajstić information content (AvgIpc) is 3.29. The van der Waals surface area contributed by atoms with Gasteiger partial charge in [-0.15, -0.1) is 11.3 Å². The molecule has 6 nitrogen and oxygen atoms in total. The summed E-state index contributed by atoms with van der Waals surface area (Å²) in [4.78, 5) is 29.8. The van der Waals surface area contributed by atoms with E-state index >= 15 is 0 Å². The molecular weight excluding hydrogens is 358 g/mol. The van der Waals surface area contributed by atoms with Crippen LogP contribution in [0.5, 0.6) is 0 Å². The second-order valence-corrected chi connectivity index (χ2v) is 7.21. The number of pyridine rings is 1. The fourth-order valence-corrected chi connectivity index (χ4v) is 3.83. The Morgan fingerprint density at radius 1 is 1.15 bits per heavy atom. The van der Waals surface area contributed by atoms with Crippen LogP contribution in [0.25, 0.3) is 21.7 Å². The van der Waals surface area contributed by atoms with Gasteiger partial charge in [0, 0.05) is 19.2 Å². The van der Waals surface area contributed by atoms with E-state index in [9.17, 15) is 4.79 Å². The molecule has 0 atom stereocenters. The number of thiazole rings is 1. The highest BCUT2D eigenvalue weighted by Gasteiger charge is 2.16. The van der Waals surface area contributed by atoms with Crippen molar-refractivity contribution in [3.05, 3.63) is 65.1 Å². The third kappa shape index (κ3) is 3.88. The van der Waals surface area contributed by atoms with Crippen molar-refractivity contribution in [2.45, 2.75) is 19.8 Å². The molecule has 1 aromatic carbocycles. The van der Waals surface area contributed by atoms with Crippen molar-refractivity contribution < 1.29 is 4.79 Å². The summed E-state index contributed by atoms with van der Waals surface area (Å²) in [5.74, 6) is 0.855. The molecule has 2 N–H and O–H groups in total. The first kappa shape index (κ1) is 17.4. The second-order valence-electron chi connectivity index (χ2n) is 6.21. The van der Waals surface area contributed by atoms with Gasteiger partial charge in [-0.05, 0) is 37.6 Å². The van der Waals surface area contributed by atoms with Gasteiger partial charge >= 0.3 is 0 Å². The lowest BCUT2D eigenvalue weighted by atomic mass is 10.3. The molecule has 4 rings (SSSR count). The summed E-state index contributed by atoms with van der Waals surface area (Å²) < 4.78 is 0. The molecule has 7 heteroatoms. The van der Waals surface area contributed by atoms with Gasteiger partial charge in [0.2, 0.25) is 0 Å². The summed E-state index contributed by atoms with van der Waals surface area (Å²) in [5, 5.41) is 3.74. The van der Waals surface area contributed by atoms with E-state index in [1.165, 1.54) is 11.3 Å². The van der Waals surface area contributed by atoms with E-state index in [2.05, 4.69) is 25.3 Å². The van der Waals surface area contributed by atoms with Crippen LogP contribution in [0, 0.1) is 6.92 Å². The number of nitrogens with zero attached hydrogens (tertiary/aromatic N) is 3. The van der Waals surface area contributed by atoms with Crippen molar-refractivity contribution in [2.75, 3.05) is 6.54 Å². The SMILES string of the molecule is Cc1nc(-c2ccccn2)sc1C(=O)NCCCc1nc2ccccc2[nH]1. The van der Waals surface area contributed by atoms with Crippen LogP contribution in [0.4, 0.5) is 0 Å². The fourth-order valence-electron chi connectivity index (χ4n) is 2.87. The molecule has 3 aromatic heterocycles. The molecule has 3 heterocycles. The normalized spacial score (nSPS) is 11.0. The van der Waals surface area contributed by atoms with Gasteiger partial charge in [-0.1, -0.05) is 18.2 Å². The molecule has 27 heavy (non-hydrogen) atoms. The number of H-pyrrole nitrogens is 1. The number of imidazole rings is 1. The number of rotatable bonds is 6. The van der Waals surface area contributed by atoms with Crippen LogP contribution in [-0.4, -0.2) is 32.4 Å². The third-order valence-electron chi connectivity index (χ3n) is 4.20. The van der Waals surface area contributed by atoms with E-state index in [1.807, 2.05) is 49.4 Å². The highest BCUT2D eigenvalue weighted by atomic mass is 32.1. The van der Waals surface area contributed by atoms with Crippen molar-refractivity contribution in [3.63, 3.8) is 0 Å². The van der Waals surface area contributed by atoms with E-state index in [0.717, 1.165) is 46.1 Å². The van der Waals surface area contributed by atoms with Crippen LogP contribution >= 0.6 is 11.3 Å². The fraction of sp³-hybridized carbons (Fsp3) is 0.200. The van der Waals surface area contributed by atoms with Gasteiger partial charge in [0.25, 0.3) is 5.91 Å². The van der Waals surface area contributed by atoms with Gasteiger partial charge in [-0.3, -0.25) is 9.78 Å². The third-order valence-corrected chi connectivity index (χ3v) is 5.38. The molecule has 0 aliphatic heterocycles. The minimum absolute atomic E-state index is 0.0863. The highest BCUT2D eigenvalue weighted by Crippen LogP contribution is 2.26. The summed E-state index contributed by atoms with van der Waals surface area (Å²) in [6.07, 6.45) is 3.33. The van der Waals surface area contributed by atoms with Crippen molar-refractivity contribution >= 4 is 28.3 Å². The Bertz CT molecular complexity index is 1040. The first-order valence-corrected chi connectivity index (χ1v) is 9.63. The number of aromatic amines is 1. The molecular formula is C20H19N5OS. The number of nitrogens with one attached hydrogen (secondary N) is 2. The van der Waals surface area contributed by atoms with Gasteiger partial charge in [-0.25, -0.2) is 9.97 Å². The van der Waals surface area contributed by atoms with Crippen molar-refractivity contribution in [1.29, 1.82) is 0 Å². The van der Waals surface area contributed by atoms with E-state index in [4.69, 9.17) is 0 Å². The zero-order chi connectivity index (χ0) is 18.6. The Kier molecular flexibility index (Phi) is 4.93. The molecule has 4 aromatic rings. The summed E-state index contributed by atoms with van der Waals surface area (Å²) in [5.41, 5.74) is 3.53. The molecule has 0 spiro atoms. The first-order chi connectivity index (χ1) is 13.2. The van der Waals surface area contributed by atoms with Gasteiger partial charge in [-0.2, -0.15) is 0 Å². The van der Waals surface area contributed by atoms with Crippen LogP contribution < -0.4 is 5.32 Å². The lowest BCUT2D eigenvalue weighted by Crippen LogP contribution is -2.24. The molecule has 0 saturated heterocycles. The Balaban J connectivity index is 1.33. The van der Waals surface area contributed by atoms with Gasteiger partial charge in [0.15, 0.2) is 0 Å². The summed E-state index contributed by atoms with van der Waals surface area (Å²) >= 11 is 1.37. The van der Waals surface area contributed by atoms with Crippen molar-refractivity contribution in [1.82, 2.24) is 25.3 Å². The maximum atomic E-state index is 12.5. The van der Waals surface area contributed by atoms with Gasteiger partial charge in [0.05, 0.1) is 22.4 Å². The van der Waals surface area contributed by atoms with E-state index in [-0.39, 0.29) is 5.91 Å². The molecule has 136 valence electrons. The minimum Gasteiger partial charge on any atom is -0.351 e. The first-order valence-electron chi connectivity index (χ1n) is 8.81. The lowest BCUT2D eigenvalue weighted by Gasteiger charge is -2.03. The minimum atomic E-state index is -0.0863. The molecule has 0 aliphatic carbocycles. The number of fused-ring (bicyclic) bond motifs is 1. The van der Waals surface area contributed by atoms with Crippen LogP contribution in [0.3, 0.4) is 0 Å². The number of amides is 1. The number of hydrogen-bond acceptors (Lipinski definition) is 5. The van der Waals surface area contributed by atoms with Crippen LogP contribution in [0.2, 0.25) is 0 Å². The molecule has 0 bridgehead atoms. The van der Waals surface area contributed by atoms with E-state index < -0.39 is 0 Å². The van der Waals surface area contributed by atoms with Crippen LogP contribution in [0.15, 0.2) is 48.7 Å². The summed E-state index contributed by atoms with van der Waals surface area (Å²) in [6.45, 7) is 2.44. The highest BCUT2D eigenvalue weighted by molar-refractivity contribution is 7.17. The Hall–Kier alpha value is -3.06. The smallest absolute Gasteiger partial charge is 0.263 e.